The van der Waals surface area contributed by atoms with Gasteiger partial charge in [-0.05, 0) is 37.0 Å². The van der Waals surface area contributed by atoms with Crippen LogP contribution in [0.1, 0.15) is 32.8 Å². The van der Waals surface area contributed by atoms with Crippen molar-refractivity contribution in [2.24, 2.45) is 5.41 Å². The summed E-state index contributed by atoms with van der Waals surface area (Å²) in [5, 5.41) is 0. The van der Waals surface area contributed by atoms with Gasteiger partial charge in [-0.2, -0.15) is 0 Å². The largest absolute Gasteiger partial charge is 0.460 e. The fraction of sp³-hybridized carbons (Fsp3) is 0.316. The van der Waals surface area contributed by atoms with Crippen molar-refractivity contribution in [1.29, 1.82) is 0 Å². The molecule has 21 heavy (non-hydrogen) atoms. The number of hydrogen-bond donors (Lipinski definition) is 0. The molecule has 0 spiro atoms. The molecule has 0 aromatic heterocycles. The Morgan fingerprint density at radius 3 is 2.10 bits per heavy atom. The molecule has 2 heteroatoms. The van der Waals surface area contributed by atoms with Gasteiger partial charge in [0.05, 0.1) is 5.41 Å². The van der Waals surface area contributed by atoms with Gasteiger partial charge in [-0.15, -0.1) is 0 Å². The minimum atomic E-state index is -0.413. The number of hydrogen-bond acceptors (Lipinski definition) is 2. The van der Waals surface area contributed by atoms with Crippen molar-refractivity contribution in [3.63, 3.8) is 0 Å². The predicted molar refractivity (Wildman–Crippen MR) is 85.7 cm³/mol. The van der Waals surface area contributed by atoms with E-state index in [-0.39, 0.29) is 5.97 Å². The number of carbonyl (C=O) groups is 1. The molecule has 0 saturated heterocycles. The van der Waals surface area contributed by atoms with Gasteiger partial charge in [0.2, 0.25) is 0 Å². The average molecular weight is 282 g/mol. The van der Waals surface area contributed by atoms with Crippen LogP contribution in [0.4, 0.5) is 0 Å². The molecule has 0 unspecified atom stereocenters. The summed E-state index contributed by atoms with van der Waals surface area (Å²) in [7, 11) is 0. The van der Waals surface area contributed by atoms with Crippen LogP contribution in [0.5, 0.6) is 0 Å². The molecule has 0 atom stereocenters. The normalized spacial score (nSPS) is 11.2. The molecule has 2 aromatic rings. The van der Waals surface area contributed by atoms with Gasteiger partial charge in [-0.3, -0.25) is 4.79 Å². The fourth-order valence-corrected chi connectivity index (χ4v) is 1.91. The summed E-state index contributed by atoms with van der Waals surface area (Å²) in [6.07, 6.45) is 0.777. The lowest BCUT2D eigenvalue weighted by Crippen LogP contribution is -2.25. The molecule has 0 bridgehead atoms. The molecule has 0 fully saturated rings. The third-order valence-corrected chi connectivity index (χ3v) is 3.87. The Kier molecular flexibility index (Phi) is 4.79. The molecular formula is C19H22O2. The van der Waals surface area contributed by atoms with Gasteiger partial charge < -0.3 is 4.74 Å². The highest BCUT2D eigenvalue weighted by molar-refractivity contribution is 5.75. The molecular weight excluding hydrogens is 260 g/mol. The van der Waals surface area contributed by atoms with E-state index < -0.39 is 5.41 Å². The fourth-order valence-electron chi connectivity index (χ4n) is 1.91. The Hall–Kier alpha value is -2.09. The summed E-state index contributed by atoms with van der Waals surface area (Å²) in [6.45, 7) is 6.15. The Bertz CT molecular complexity index is 583. The molecule has 0 heterocycles. The topological polar surface area (TPSA) is 26.3 Å². The molecule has 2 nitrogen and oxygen atoms in total. The lowest BCUT2D eigenvalue weighted by molar-refractivity contribution is -0.155. The second-order valence-electron chi connectivity index (χ2n) is 5.88. The van der Waals surface area contributed by atoms with Crippen LogP contribution in [0.2, 0.25) is 0 Å². The van der Waals surface area contributed by atoms with E-state index in [1.165, 1.54) is 11.1 Å². The van der Waals surface area contributed by atoms with Crippen molar-refractivity contribution in [2.45, 2.75) is 33.8 Å². The van der Waals surface area contributed by atoms with Crippen LogP contribution in [-0.2, 0) is 16.1 Å². The standard InChI is InChI=1S/C19H22O2/c1-4-19(2,3)18(20)21-14-15-10-12-17(13-11-15)16-8-6-5-7-9-16/h5-13H,4,14H2,1-3H3. The highest BCUT2D eigenvalue weighted by atomic mass is 16.5. The van der Waals surface area contributed by atoms with Gasteiger partial charge in [0.15, 0.2) is 0 Å². The van der Waals surface area contributed by atoms with E-state index in [4.69, 9.17) is 4.74 Å². The van der Waals surface area contributed by atoms with Crippen LogP contribution in [-0.4, -0.2) is 5.97 Å². The third kappa shape index (κ3) is 3.94. The lowest BCUT2D eigenvalue weighted by atomic mass is 9.91. The quantitative estimate of drug-likeness (QED) is 0.734. The van der Waals surface area contributed by atoms with Crippen molar-refractivity contribution >= 4 is 5.97 Å². The minimum Gasteiger partial charge on any atom is -0.460 e. The third-order valence-electron chi connectivity index (χ3n) is 3.87. The number of esters is 1. The van der Waals surface area contributed by atoms with Gasteiger partial charge >= 0.3 is 5.97 Å². The number of benzene rings is 2. The first-order chi connectivity index (χ1) is 10.0. The minimum absolute atomic E-state index is 0.142. The van der Waals surface area contributed by atoms with Crippen molar-refractivity contribution in [2.75, 3.05) is 0 Å². The maximum atomic E-state index is 11.9. The van der Waals surface area contributed by atoms with E-state index >= 15 is 0 Å². The summed E-state index contributed by atoms with van der Waals surface area (Å²) >= 11 is 0. The summed E-state index contributed by atoms with van der Waals surface area (Å²) in [6, 6.07) is 18.4. The highest BCUT2D eigenvalue weighted by Crippen LogP contribution is 2.23. The smallest absolute Gasteiger partial charge is 0.311 e. The molecule has 0 aliphatic rings. The highest BCUT2D eigenvalue weighted by Gasteiger charge is 2.26. The maximum absolute atomic E-state index is 11.9. The number of carbonyl (C=O) groups excluding carboxylic acids is 1. The number of rotatable bonds is 5. The van der Waals surface area contributed by atoms with Gasteiger partial charge in [-0.25, -0.2) is 0 Å². The molecule has 0 saturated carbocycles. The molecule has 0 N–H and O–H groups in total. The first-order valence-electron chi connectivity index (χ1n) is 7.34. The van der Waals surface area contributed by atoms with Gasteiger partial charge in [-0.1, -0.05) is 61.5 Å². The first kappa shape index (κ1) is 15.3. The van der Waals surface area contributed by atoms with Crippen LogP contribution < -0.4 is 0 Å². The van der Waals surface area contributed by atoms with Crippen molar-refractivity contribution in [3.05, 3.63) is 60.2 Å². The summed E-state index contributed by atoms with van der Waals surface area (Å²) in [5.74, 6) is -0.142. The maximum Gasteiger partial charge on any atom is 0.311 e. The van der Waals surface area contributed by atoms with Crippen molar-refractivity contribution < 1.29 is 9.53 Å². The molecule has 2 aromatic carbocycles. The van der Waals surface area contributed by atoms with Gasteiger partial charge in [0, 0.05) is 0 Å². The van der Waals surface area contributed by atoms with Gasteiger partial charge in [0.1, 0.15) is 6.61 Å². The second kappa shape index (κ2) is 6.57. The number of ether oxygens (including phenoxy) is 1. The molecule has 0 radical (unpaired) electrons. The van der Waals surface area contributed by atoms with E-state index in [9.17, 15) is 4.79 Å². The molecule has 0 aliphatic carbocycles. The Balaban J connectivity index is 1.99. The molecule has 0 amide bonds. The SMILES string of the molecule is CCC(C)(C)C(=O)OCc1ccc(-c2ccccc2)cc1. The molecule has 2 rings (SSSR count). The summed E-state index contributed by atoms with van der Waals surface area (Å²) in [4.78, 5) is 11.9. The zero-order chi connectivity index (χ0) is 15.3. The van der Waals surface area contributed by atoms with Crippen LogP contribution in [0.3, 0.4) is 0 Å². The van der Waals surface area contributed by atoms with E-state index in [0.717, 1.165) is 12.0 Å². The monoisotopic (exact) mass is 282 g/mol. The molecule has 0 aliphatic heterocycles. The van der Waals surface area contributed by atoms with Crippen LogP contribution in [0.15, 0.2) is 54.6 Å². The first-order valence-corrected chi connectivity index (χ1v) is 7.34. The second-order valence-corrected chi connectivity index (χ2v) is 5.88. The predicted octanol–water partition coefficient (Wildman–Crippen LogP) is 4.83. The van der Waals surface area contributed by atoms with Crippen LogP contribution in [0, 0.1) is 5.41 Å². The molecule has 110 valence electrons. The van der Waals surface area contributed by atoms with Crippen molar-refractivity contribution in [3.8, 4) is 11.1 Å². The zero-order valence-electron chi connectivity index (χ0n) is 12.9. The average Bonchev–Trinajstić information content (AvgIpc) is 2.54. The van der Waals surface area contributed by atoms with Crippen molar-refractivity contribution in [1.82, 2.24) is 0 Å². The Labute approximate surface area is 126 Å². The lowest BCUT2D eigenvalue weighted by Gasteiger charge is -2.20. The zero-order valence-corrected chi connectivity index (χ0v) is 12.9. The van der Waals surface area contributed by atoms with E-state index in [1.54, 1.807) is 0 Å². The van der Waals surface area contributed by atoms with Crippen LogP contribution >= 0.6 is 0 Å². The summed E-state index contributed by atoms with van der Waals surface area (Å²) < 4.78 is 5.39. The Morgan fingerprint density at radius 1 is 0.952 bits per heavy atom. The van der Waals surface area contributed by atoms with E-state index in [2.05, 4.69) is 24.3 Å². The Morgan fingerprint density at radius 2 is 1.52 bits per heavy atom. The van der Waals surface area contributed by atoms with E-state index in [0.29, 0.717) is 6.61 Å². The summed E-state index contributed by atoms with van der Waals surface area (Å²) in [5.41, 5.74) is 2.95. The van der Waals surface area contributed by atoms with Crippen LogP contribution in [0.25, 0.3) is 11.1 Å². The van der Waals surface area contributed by atoms with Gasteiger partial charge in [0.25, 0.3) is 0 Å². The van der Waals surface area contributed by atoms with E-state index in [1.807, 2.05) is 51.1 Å².